The van der Waals surface area contributed by atoms with Gasteiger partial charge in [-0.1, -0.05) is 0 Å². The Kier molecular flexibility index (Phi) is 1.32. The summed E-state index contributed by atoms with van der Waals surface area (Å²) in [6.45, 7) is 0. The highest BCUT2D eigenvalue weighted by atomic mass is 32.2. The summed E-state index contributed by atoms with van der Waals surface area (Å²) >= 11 is 2.93. The first-order valence-electron chi connectivity index (χ1n) is 2.66. The molecular formula is C5H4N2OS2. The topological polar surface area (TPSA) is 41.1 Å². The van der Waals surface area contributed by atoms with Crippen molar-refractivity contribution in [2.24, 2.45) is 0 Å². The second-order valence-electron chi connectivity index (χ2n) is 1.81. The smallest absolute Gasteiger partial charge is 0.305 e. The Labute approximate surface area is 66.0 Å². The molecule has 0 radical (unpaired) electrons. The Morgan fingerprint density at radius 2 is 2.30 bits per heavy atom. The number of carbonyl (C=O) groups is 1. The largest absolute Gasteiger partial charge is 0.329 e. The van der Waals surface area contributed by atoms with Crippen LogP contribution in [0.1, 0.15) is 0 Å². The molecule has 0 fully saturated rings. The molecule has 5 heteroatoms. The lowest BCUT2D eigenvalue weighted by molar-refractivity contribution is 0.257. The maximum absolute atomic E-state index is 10.7. The Morgan fingerprint density at radius 3 is 3.20 bits per heavy atom. The molecule has 0 bridgehead atoms. The van der Waals surface area contributed by atoms with E-state index in [9.17, 15) is 4.79 Å². The molecule has 0 unspecified atom stereocenters. The molecule has 1 aliphatic rings. The normalized spacial score (nSPS) is 15.4. The summed E-state index contributed by atoms with van der Waals surface area (Å²) in [5.41, 5.74) is 0.916. The van der Waals surface area contributed by atoms with Crippen LogP contribution in [0, 0.1) is 0 Å². The molecule has 0 saturated carbocycles. The summed E-state index contributed by atoms with van der Waals surface area (Å²) < 4.78 is 2.60. The van der Waals surface area contributed by atoms with Crippen LogP contribution in [0.15, 0.2) is 15.7 Å². The first-order valence-corrected chi connectivity index (χ1v) is 4.42. The average Bonchev–Trinajstić information content (AvgIpc) is 2.33. The predicted octanol–water partition coefficient (Wildman–Crippen LogP) is 1.89. The lowest BCUT2D eigenvalue weighted by Gasteiger charge is -2.11. The van der Waals surface area contributed by atoms with Gasteiger partial charge in [-0.3, -0.25) is 4.72 Å². The molecule has 0 atom stereocenters. The summed E-state index contributed by atoms with van der Waals surface area (Å²) in [5.74, 6) is 0. The molecule has 2 N–H and O–H groups in total. The van der Waals surface area contributed by atoms with E-state index in [1.165, 1.54) is 11.9 Å². The Bertz CT molecular complexity index is 270. The molecule has 10 heavy (non-hydrogen) atoms. The molecule has 2 rings (SSSR count). The van der Waals surface area contributed by atoms with Gasteiger partial charge in [0.2, 0.25) is 0 Å². The van der Waals surface area contributed by atoms with Crippen LogP contribution in [0.5, 0.6) is 0 Å². The minimum absolute atomic E-state index is 0.143. The molecule has 3 nitrogen and oxygen atoms in total. The fraction of sp³-hybridized carbons (Fsp3) is 0. The number of thiophene rings is 1. The SMILES string of the molecule is O=C1NSc2cscc2N1. The van der Waals surface area contributed by atoms with Gasteiger partial charge in [0.25, 0.3) is 0 Å². The third-order valence-electron chi connectivity index (χ3n) is 1.13. The van der Waals surface area contributed by atoms with Crippen LogP contribution in [0.2, 0.25) is 0 Å². The van der Waals surface area contributed by atoms with Gasteiger partial charge >= 0.3 is 6.03 Å². The number of carbonyl (C=O) groups excluding carboxylic acids is 1. The number of hydrogen-bond acceptors (Lipinski definition) is 3. The van der Waals surface area contributed by atoms with Crippen molar-refractivity contribution in [3.05, 3.63) is 10.8 Å². The third-order valence-corrected chi connectivity index (χ3v) is 2.87. The molecular weight excluding hydrogens is 168 g/mol. The van der Waals surface area contributed by atoms with E-state index < -0.39 is 0 Å². The molecule has 0 spiro atoms. The summed E-state index contributed by atoms with van der Waals surface area (Å²) in [5, 5.41) is 6.59. The van der Waals surface area contributed by atoms with E-state index in [0.29, 0.717) is 0 Å². The van der Waals surface area contributed by atoms with E-state index in [1.54, 1.807) is 11.3 Å². The molecule has 2 heterocycles. The minimum Gasteiger partial charge on any atom is -0.305 e. The number of amides is 2. The molecule has 0 saturated heterocycles. The summed E-state index contributed by atoms with van der Waals surface area (Å²) in [7, 11) is 0. The number of fused-ring (bicyclic) bond motifs is 1. The maximum Gasteiger partial charge on any atom is 0.329 e. The highest BCUT2D eigenvalue weighted by Gasteiger charge is 2.14. The molecule has 0 aromatic carbocycles. The maximum atomic E-state index is 10.7. The van der Waals surface area contributed by atoms with Gasteiger partial charge < -0.3 is 5.32 Å². The molecule has 0 aliphatic carbocycles. The van der Waals surface area contributed by atoms with E-state index in [1.807, 2.05) is 10.8 Å². The molecule has 52 valence electrons. The lowest BCUT2D eigenvalue weighted by atomic mass is 10.5. The van der Waals surface area contributed by atoms with Crippen molar-refractivity contribution < 1.29 is 4.79 Å². The van der Waals surface area contributed by atoms with E-state index >= 15 is 0 Å². The Hall–Kier alpha value is -0.680. The van der Waals surface area contributed by atoms with Gasteiger partial charge in [-0.15, -0.1) is 11.3 Å². The Balaban J connectivity index is 2.39. The summed E-state index contributed by atoms with van der Waals surface area (Å²) in [6.07, 6.45) is 0. The second-order valence-corrected chi connectivity index (χ2v) is 3.40. The zero-order chi connectivity index (χ0) is 6.97. The predicted molar refractivity (Wildman–Crippen MR) is 42.3 cm³/mol. The van der Waals surface area contributed by atoms with Crippen LogP contribution in [0.3, 0.4) is 0 Å². The van der Waals surface area contributed by atoms with Gasteiger partial charge in [-0.25, -0.2) is 4.79 Å². The van der Waals surface area contributed by atoms with E-state index in [0.717, 1.165) is 10.6 Å². The fourth-order valence-electron chi connectivity index (χ4n) is 0.705. The van der Waals surface area contributed by atoms with Crippen molar-refractivity contribution in [1.29, 1.82) is 0 Å². The van der Waals surface area contributed by atoms with Gasteiger partial charge in [0.15, 0.2) is 0 Å². The molecule has 1 aromatic rings. The van der Waals surface area contributed by atoms with Crippen molar-refractivity contribution in [3.63, 3.8) is 0 Å². The van der Waals surface area contributed by atoms with Gasteiger partial charge in [0.1, 0.15) is 0 Å². The number of urea groups is 1. The zero-order valence-electron chi connectivity index (χ0n) is 4.88. The zero-order valence-corrected chi connectivity index (χ0v) is 6.51. The molecule has 1 aliphatic heterocycles. The van der Waals surface area contributed by atoms with E-state index in [2.05, 4.69) is 10.0 Å². The van der Waals surface area contributed by atoms with Crippen LogP contribution < -0.4 is 10.0 Å². The molecule has 2 amide bonds. The highest BCUT2D eigenvalue weighted by molar-refractivity contribution is 7.98. The van der Waals surface area contributed by atoms with Crippen LogP contribution in [0.25, 0.3) is 0 Å². The van der Waals surface area contributed by atoms with E-state index in [4.69, 9.17) is 0 Å². The standard InChI is InChI=1S/C5H4N2OS2/c8-5-6-3-1-9-2-4(3)10-7-5/h1-2H,(H2,6,7,8). The summed E-state index contributed by atoms with van der Waals surface area (Å²) in [4.78, 5) is 11.8. The van der Waals surface area contributed by atoms with Crippen LogP contribution in [0.4, 0.5) is 10.5 Å². The number of hydrogen-bond donors (Lipinski definition) is 2. The fourth-order valence-corrected chi connectivity index (χ4v) is 2.25. The van der Waals surface area contributed by atoms with Crippen LogP contribution in [-0.4, -0.2) is 6.03 Å². The van der Waals surface area contributed by atoms with Gasteiger partial charge in [-0.2, -0.15) is 0 Å². The van der Waals surface area contributed by atoms with Gasteiger partial charge in [0, 0.05) is 10.8 Å². The first-order chi connectivity index (χ1) is 4.86. The Morgan fingerprint density at radius 1 is 1.40 bits per heavy atom. The number of nitrogens with one attached hydrogen (secondary N) is 2. The molecule has 1 aromatic heterocycles. The highest BCUT2D eigenvalue weighted by Crippen LogP contribution is 2.31. The number of rotatable bonds is 0. The second kappa shape index (κ2) is 2.17. The van der Waals surface area contributed by atoms with Crippen molar-refractivity contribution >= 4 is 35.0 Å². The van der Waals surface area contributed by atoms with Gasteiger partial charge in [-0.05, 0) is 11.9 Å². The van der Waals surface area contributed by atoms with Crippen molar-refractivity contribution in [1.82, 2.24) is 4.72 Å². The lowest BCUT2D eigenvalue weighted by Crippen LogP contribution is -2.26. The van der Waals surface area contributed by atoms with Crippen molar-refractivity contribution in [2.45, 2.75) is 4.90 Å². The van der Waals surface area contributed by atoms with Crippen LogP contribution >= 0.6 is 23.3 Å². The van der Waals surface area contributed by atoms with Crippen molar-refractivity contribution in [3.8, 4) is 0 Å². The third kappa shape index (κ3) is 0.871. The van der Waals surface area contributed by atoms with Crippen molar-refractivity contribution in [2.75, 3.05) is 5.32 Å². The quantitative estimate of drug-likeness (QED) is 0.587. The minimum atomic E-state index is -0.143. The average molecular weight is 172 g/mol. The monoisotopic (exact) mass is 172 g/mol. The van der Waals surface area contributed by atoms with E-state index in [-0.39, 0.29) is 6.03 Å². The van der Waals surface area contributed by atoms with Crippen LogP contribution in [-0.2, 0) is 0 Å². The van der Waals surface area contributed by atoms with Gasteiger partial charge in [0.05, 0.1) is 10.6 Å². The first kappa shape index (κ1) is 6.06. The number of anilines is 1. The summed E-state index contributed by atoms with van der Waals surface area (Å²) in [6, 6.07) is -0.143.